The molecule has 0 aromatic carbocycles. The van der Waals surface area contributed by atoms with Gasteiger partial charge in [-0.25, -0.2) is 0 Å². The third-order valence-electron chi connectivity index (χ3n) is 1.82. The van der Waals surface area contributed by atoms with E-state index >= 15 is 0 Å². The van der Waals surface area contributed by atoms with Gasteiger partial charge in [0.1, 0.15) is 0 Å². The van der Waals surface area contributed by atoms with E-state index in [9.17, 15) is 0 Å². The van der Waals surface area contributed by atoms with Gasteiger partial charge in [0.05, 0.1) is 0 Å². The summed E-state index contributed by atoms with van der Waals surface area (Å²) in [6.07, 6.45) is 4.39. The first-order valence-electron chi connectivity index (χ1n) is 7.02. The van der Waals surface area contributed by atoms with Gasteiger partial charge in [0.2, 0.25) is 0 Å². The predicted molar refractivity (Wildman–Crippen MR) is 85.8 cm³/mol. The molecule has 0 aliphatic rings. The van der Waals surface area contributed by atoms with Crippen molar-refractivity contribution >= 4 is 0 Å². The van der Waals surface area contributed by atoms with Gasteiger partial charge in [0.25, 0.3) is 0 Å². The molecular formula is C16H37N. The van der Waals surface area contributed by atoms with Crippen molar-refractivity contribution < 1.29 is 0 Å². The van der Waals surface area contributed by atoms with Gasteiger partial charge in [0, 0.05) is 6.54 Å². The van der Waals surface area contributed by atoms with Crippen molar-refractivity contribution in [3.8, 4) is 0 Å². The lowest BCUT2D eigenvalue weighted by atomic mass is 10.1. The quantitative estimate of drug-likeness (QED) is 0.588. The van der Waals surface area contributed by atoms with E-state index in [1.165, 1.54) is 11.1 Å². The van der Waals surface area contributed by atoms with Gasteiger partial charge in [-0.3, -0.25) is 0 Å². The number of nitrogens with zero attached hydrogens (tertiary/aromatic N) is 1. The molecule has 0 spiro atoms. The molecule has 0 saturated heterocycles. The summed E-state index contributed by atoms with van der Waals surface area (Å²) >= 11 is 0. The van der Waals surface area contributed by atoms with E-state index in [0.29, 0.717) is 0 Å². The molecule has 17 heavy (non-hydrogen) atoms. The van der Waals surface area contributed by atoms with Gasteiger partial charge < -0.3 is 4.90 Å². The molecule has 0 bridgehead atoms. The lowest BCUT2D eigenvalue weighted by Crippen LogP contribution is -2.11. The summed E-state index contributed by atoms with van der Waals surface area (Å²) in [6, 6.07) is 0. The molecule has 0 amide bonds. The molecule has 0 unspecified atom stereocenters. The summed E-state index contributed by atoms with van der Waals surface area (Å²) in [7, 11) is 4.16. The van der Waals surface area contributed by atoms with E-state index in [2.05, 4.69) is 51.9 Å². The molecule has 0 aliphatic carbocycles. The summed E-state index contributed by atoms with van der Waals surface area (Å²) in [4.78, 5) is 2.16. The van der Waals surface area contributed by atoms with Crippen LogP contribution in [-0.4, -0.2) is 25.5 Å². The smallest absolute Gasteiger partial charge is 0.0162 e. The Morgan fingerprint density at radius 1 is 0.824 bits per heavy atom. The minimum atomic E-state index is 1.02. The topological polar surface area (TPSA) is 3.24 Å². The Labute approximate surface area is 112 Å². The minimum absolute atomic E-state index is 1.02. The van der Waals surface area contributed by atoms with E-state index in [0.717, 1.165) is 6.54 Å². The first-order chi connectivity index (χ1) is 8.07. The number of allylic oxidation sites excluding steroid dienone is 3. The van der Waals surface area contributed by atoms with Gasteiger partial charge in [-0.15, -0.1) is 0 Å². The second kappa shape index (κ2) is 24.6. The molecule has 0 radical (unpaired) electrons. The Bertz CT molecular complexity index is 164. The fourth-order valence-electron chi connectivity index (χ4n) is 0.708. The van der Waals surface area contributed by atoms with Crippen LogP contribution in [0.4, 0.5) is 0 Å². The lowest BCUT2D eigenvalue weighted by molar-refractivity contribution is 0.455. The van der Waals surface area contributed by atoms with Crippen LogP contribution < -0.4 is 0 Å². The predicted octanol–water partition coefficient (Wildman–Crippen LogP) is 5.54. The largest absolute Gasteiger partial charge is 0.306 e. The van der Waals surface area contributed by atoms with Gasteiger partial charge in [-0.05, 0) is 34.9 Å². The maximum atomic E-state index is 2.25. The summed E-state index contributed by atoms with van der Waals surface area (Å²) in [6.45, 7) is 19.4. The van der Waals surface area contributed by atoms with E-state index in [1.807, 2.05) is 41.5 Å². The molecule has 0 heterocycles. The molecule has 0 N–H and O–H groups in total. The second-order valence-electron chi connectivity index (χ2n) is 3.12. The SMILES string of the molecule is C/C=C(C)/C(C)=C/CN(C)C.CC.CC.CC. The van der Waals surface area contributed by atoms with Gasteiger partial charge in [0.15, 0.2) is 0 Å². The van der Waals surface area contributed by atoms with Crippen LogP contribution in [0.5, 0.6) is 0 Å². The molecule has 0 aliphatic heterocycles. The average molecular weight is 243 g/mol. The molecular weight excluding hydrogens is 206 g/mol. The van der Waals surface area contributed by atoms with Crippen molar-refractivity contribution in [1.29, 1.82) is 0 Å². The maximum absolute atomic E-state index is 2.25. The van der Waals surface area contributed by atoms with E-state index in [1.54, 1.807) is 0 Å². The van der Waals surface area contributed by atoms with Crippen molar-refractivity contribution in [2.75, 3.05) is 20.6 Å². The van der Waals surface area contributed by atoms with E-state index in [4.69, 9.17) is 0 Å². The van der Waals surface area contributed by atoms with Crippen molar-refractivity contribution in [2.45, 2.75) is 62.3 Å². The highest BCUT2D eigenvalue weighted by atomic mass is 15.0. The Balaban J connectivity index is -0.000000121. The van der Waals surface area contributed by atoms with Crippen molar-refractivity contribution in [3.63, 3.8) is 0 Å². The first kappa shape index (κ1) is 25.3. The van der Waals surface area contributed by atoms with E-state index in [-0.39, 0.29) is 0 Å². The first-order valence-corrected chi connectivity index (χ1v) is 7.02. The van der Waals surface area contributed by atoms with Crippen LogP contribution in [0.15, 0.2) is 23.3 Å². The van der Waals surface area contributed by atoms with Crippen LogP contribution in [0.25, 0.3) is 0 Å². The summed E-state index contributed by atoms with van der Waals surface area (Å²) in [5.74, 6) is 0. The normalized spacial score (nSPS) is 10.4. The fourth-order valence-corrected chi connectivity index (χ4v) is 0.708. The Kier molecular flexibility index (Phi) is 36.6. The molecule has 1 nitrogen and oxygen atoms in total. The average Bonchev–Trinajstić information content (AvgIpc) is 2.41. The van der Waals surface area contributed by atoms with Crippen molar-refractivity contribution in [1.82, 2.24) is 4.90 Å². The molecule has 0 saturated carbocycles. The second-order valence-corrected chi connectivity index (χ2v) is 3.12. The molecule has 106 valence electrons. The summed E-state index contributed by atoms with van der Waals surface area (Å²) in [5, 5.41) is 0. The molecule has 0 fully saturated rings. The molecule has 0 aromatic heterocycles. The van der Waals surface area contributed by atoms with E-state index < -0.39 is 0 Å². The zero-order valence-corrected chi connectivity index (χ0v) is 14.3. The van der Waals surface area contributed by atoms with Crippen molar-refractivity contribution in [2.24, 2.45) is 0 Å². The van der Waals surface area contributed by atoms with Gasteiger partial charge >= 0.3 is 0 Å². The van der Waals surface area contributed by atoms with Gasteiger partial charge in [-0.2, -0.15) is 0 Å². The highest BCUT2D eigenvalue weighted by Gasteiger charge is 1.90. The monoisotopic (exact) mass is 243 g/mol. The Morgan fingerprint density at radius 2 is 1.18 bits per heavy atom. The molecule has 0 aromatic rings. The highest BCUT2D eigenvalue weighted by Crippen LogP contribution is 2.06. The number of rotatable bonds is 3. The third kappa shape index (κ3) is 25.6. The number of likely N-dealkylation sites (N-methyl/N-ethyl adjacent to an activating group) is 1. The Hall–Kier alpha value is -0.560. The van der Waals surface area contributed by atoms with Crippen LogP contribution in [0.2, 0.25) is 0 Å². The molecule has 0 atom stereocenters. The zero-order chi connectivity index (χ0) is 14.9. The van der Waals surface area contributed by atoms with Crippen LogP contribution in [0, 0.1) is 0 Å². The third-order valence-corrected chi connectivity index (χ3v) is 1.82. The maximum Gasteiger partial charge on any atom is 0.0162 e. The van der Waals surface area contributed by atoms with Crippen LogP contribution >= 0.6 is 0 Å². The number of hydrogen-bond donors (Lipinski definition) is 0. The fraction of sp³-hybridized carbons (Fsp3) is 0.750. The summed E-state index contributed by atoms with van der Waals surface area (Å²) in [5.41, 5.74) is 2.74. The molecule has 0 rings (SSSR count). The van der Waals surface area contributed by atoms with Crippen LogP contribution in [-0.2, 0) is 0 Å². The lowest BCUT2D eigenvalue weighted by Gasteiger charge is -2.06. The standard InChI is InChI=1S/C10H19N.3C2H6/c1-6-9(2)10(3)7-8-11(4)5;3*1-2/h6-7H,8H2,1-5H3;3*1-2H3/b9-6+,10-7+;;;. The number of hydrogen-bond acceptors (Lipinski definition) is 1. The Morgan fingerprint density at radius 3 is 1.41 bits per heavy atom. The molecule has 1 heteroatoms. The van der Waals surface area contributed by atoms with Crippen LogP contribution in [0.1, 0.15) is 62.3 Å². The van der Waals surface area contributed by atoms with Crippen molar-refractivity contribution in [3.05, 3.63) is 23.3 Å². The van der Waals surface area contributed by atoms with Gasteiger partial charge in [-0.1, -0.05) is 64.8 Å². The minimum Gasteiger partial charge on any atom is -0.306 e. The zero-order valence-electron chi connectivity index (χ0n) is 14.3. The van der Waals surface area contributed by atoms with Crippen LogP contribution in [0.3, 0.4) is 0 Å². The highest BCUT2D eigenvalue weighted by molar-refractivity contribution is 5.26. The summed E-state index contributed by atoms with van der Waals surface area (Å²) < 4.78 is 0.